The van der Waals surface area contributed by atoms with Crippen LogP contribution >= 0.6 is 0 Å². The predicted molar refractivity (Wildman–Crippen MR) is 74.3 cm³/mol. The third-order valence-corrected chi connectivity index (χ3v) is 3.69. The van der Waals surface area contributed by atoms with Crippen molar-refractivity contribution in [3.8, 4) is 0 Å². The summed E-state index contributed by atoms with van der Waals surface area (Å²) < 4.78 is 10.7. The van der Waals surface area contributed by atoms with Crippen LogP contribution in [-0.4, -0.2) is 29.9 Å². The van der Waals surface area contributed by atoms with Crippen molar-refractivity contribution >= 4 is 0 Å². The minimum Gasteiger partial charge on any atom is -0.380 e. The van der Waals surface area contributed by atoms with Gasteiger partial charge in [0.05, 0.1) is 12.1 Å². The molecule has 5 heteroatoms. The molecule has 0 radical (unpaired) electrons. The maximum Gasteiger partial charge on any atom is 0.243 e. The Kier molecular flexibility index (Phi) is 4.08. The molecule has 106 valence electrons. The highest BCUT2D eigenvalue weighted by Crippen LogP contribution is 2.23. The van der Waals surface area contributed by atoms with Gasteiger partial charge < -0.3 is 14.6 Å². The molecule has 3 rings (SSSR count). The molecule has 5 nitrogen and oxygen atoms in total. The number of hydrogen-bond donors (Lipinski definition) is 1. The van der Waals surface area contributed by atoms with Gasteiger partial charge in [0.1, 0.15) is 0 Å². The molecule has 2 heterocycles. The summed E-state index contributed by atoms with van der Waals surface area (Å²) in [6, 6.07) is 10.5. The molecule has 1 aliphatic heterocycles. The molecular formula is C15H19N3O2. The lowest BCUT2D eigenvalue weighted by Crippen LogP contribution is -2.16. The molecule has 2 aromatic rings. The molecule has 1 aliphatic rings. The molecule has 0 saturated carbocycles. The molecule has 1 fully saturated rings. The van der Waals surface area contributed by atoms with Crippen molar-refractivity contribution in [2.24, 2.45) is 0 Å². The quantitative estimate of drug-likeness (QED) is 0.901. The van der Waals surface area contributed by atoms with E-state index in [-0.39, 0.29) is 12.1 Å². The summed E-state index contributed by atoms with van der Waals surface area (Å²) in [5.41, 5.74) is 1.29. The number of nitrogens with one attached hydrogen (secondary N) is 1. The molecule has 1 N–H and O–H groups in total. The third-order valence-electron chi connectivity index (χ3n) is 3.69. The second-order valence-corrected chi connectivity index (χ2v) is 5.09. The monoisotopic (exact) mass is 273 g/mol. The Labute approximate surface area is 118 Å². The van der Waals surface area contributed by atoms with Gasteiger partial charge in [-0.2, -0.15) is 4.98 Å². The van der Waals surface area contributed by atoms with Crippen molar-refractivity contribution in [3.05, 3.63) is 47.6 Å². The van der Waals surface area contributed by atoms with Crippen LogP contribution in [0.15, 0.2) is 34.9 Å². The first-order chi connectivity index (χ1) is 9.85. The molecule has 1 saturated heterocycles. The van der Waals surface area contributed by atoms with Crippen molar-refractivity contribution in [2.45, 2.75) is 31.4 Å². The van der Waals surface area contributed by atoms with Crippen molar-refractivity contribution in [1.82, 2.24) is 15.5 Å². The van der Waals surface area contributed by atoms with Crippen LogP contribution in [0.25, 0.3) is 0 Å². The maximum atomic E-state index is 5.35. The van der Waals surface area contributed by atoms with E-state index in [2.05, 4.69) is 27.6 Å². The van der Waals surface area contributed by atoms with Crippen LogP contribution in [0.3, 0.4) is 0 Å². The topological polar surface area (TPSA) is 60.2 Å². The summed E-state index contributed by atoms with van der Waals surface area (Å²) in [5, 5.41) is 7.40. The molecule has 20 heavy (non-hydrogen) atoms. The number of aryl methyl sites for hydroxylation is 2. The van der Waals surface area contributed by atoms with Gasteiger partial charge in [-0.1, -0.05) is 35.5 Å². The number of ether oxygens (including phenoxy) is 1. The van der Waals surface area contributed by atoms with E-state index in [0.717, 1.165) is 31.6 Å². The largest absolute Gasteiger partial charge is 0.380 e. The fourth-order valence-corrected chi connectivity index (χ4v) is 2.48. The average molecular weight is 273 g/mol. The number of hydrogen-bond acceptors (Lipinski definition) is 5. The van der Waals surface area contributed by atoms with Gasteiger partial charge in [-0.3, -0.25) is 0 Å². The second kappa shape index (κ2) is 6.15. The Morgan fingerprint density at radius 2 is 2.15 bits per heavy atom. The number of aromatic nitrogens is 2. The molecule has 1 aromatic carbocycles. The first-order valence-electron chi connectivity index (χ1n) is 6.97. The molecule has 0 amide bonds. The lowest BCUT2D eigenvalue weighted by atomic mass is 10.1. The van der Waals surface area contributed by atoms with E-state index >= 15 is 0 Å². The van der Waals surface area contributed by atoms with Crippen LogP contribution in [0.4, 0.5) is 0 Å². The van der Waals surface area contributed by atoms with E-state index in [1.54, 1.807) is 7.11 Å². The molecule has 0 unspecified atom stereocenters. The Balaban J connectivity index is 1.57. The van der Waals surface area contributed by atoms with E-state index in [1.165, 1.54) is 5.56 Å². The third kappa shape index (κ3) is 3.05. The molecule has 0 spiro atoms. The van der Waals surface area contributed by atoms with Gasteiger partial charge in [0, 0.05) is 20.1 Å². The summed E-state index contributed by atoms with van der Waals surface area (Å²) in [6.07, 6.45) is 2.85. The summed E-state index contributed by atoms with van der Waals surface area (Å²) in [6.45, 7) is 0.836. The van der Waals surface area contributed by atoms with Crippen LogP contribution in [0, 0.1) is 0 Å². The van der Waals surface area contributed by atoms with E-state index < -0.39 is 0 Å². The van der Waals surface area contributed by atoms with Crippen molar-refractivity contribution in [3.63, 3.8) is 0 Å². The molecule has 2 atom stereocenters. The standard InChI is InChI=1S/C15H19N3O2/c1-19-12-9-13(16-10-12)15-17-14(18-20-15)8-7-11-5-3-2-4-6-11/h2-6,12-13,16H,7-10H2,1H3/t12-,13+/m0/s1. The Hall–Kier alpha value is -1.72. The summed E-state index contributed by atoms with van der Waals surface area (Å²) >= 11 is 0. The molecule has 1 aromatic heterocycles. The number of rotatable bonds is 5. The van der Waals surface area contributed by atoms with Crippen LogP contribution < -0.4 is 5.32 Å². The van der Waals surface area contributed by atoms with E-state index in [4.69, 9.17) is 9.26 Å². The smallest absolute Gasteiger partial charge is 0.243 e. The Morgan fingerprint density at radius 3 is 2.90 bits per heavy atom. The molecular weight excluding hydrogens is 254 g/mol. The van der Waals surface area contributed by atoms with E-state index in [1.807, 2.05) is 18.2 Å². The van der Waals surface area contributed by atoms with Gasteiger partial charge in [0.25, 0.3) is 0 Å². The van der Waals surface area contributed by atoms with Gasteiger partial charge >= 0.3 is 0 Å². The lowest BCUT2D eigenvalue weighted by Gasteiger charge is -2.04. The molecule has 0 aliphatic carbocycles. The van der Waals surface area contributed by atoms with Crippen LogP contribution in [0.1, 0.15) is 29.7 Å². The minimum atomic E-state index is 0.123. The van der Waals surface area contributed by atoms with Crippen molar-refractivity contribution in [2.75, 3.05) is 13.7 Å². The predicted octanol–water partition coefficient (Wildman–Crippen LogP) is 1.90. The second-order valence-electron chi connectivity index (χ2n) is 5.09. The Morgan fingerprint density at radius 1 is 1.30 bits per heavy atom. The van der Waals surface area contributed by atoms with Gasteiger partial charge in [0.15, 0.2) is 5.82 Å². The average Bonchev–Trinajstić information content (AvgIpc) is 3.15. The van der Waals surface area contributed by atoms with Gasteiger partial charge in [-0.15, -0.1) is 0 Å². The maximum absolute atomic E-state index is 5.35. The number of methoxy groups -OCH3 is 1. The fraction of sp³-hybridized carbons (Fsp3) is 0.467. The summed E-state index contributed by atoms with van der Waals surface area (Å²) in [7, 11) is 1.73. The zero-order valence-electron chi connectivity index (χ0n) is 11.6. The number of nitrogens with zero attached hydrogens (tertiary/aromatic N) is 2. The van der Waals surface area contributed by atoms with E-state index in [0.29, 0.717) is 5.89 Å². The van der Waals surface area contributed by atoms with Crippen LogP contribution in [-0.2, 0) is 17.6 Å². The summed E-state index contributed by atoms with van der Waals surface area (Å²) in [4.78, 5) is 4.48. The van der Waals surface area contributed by atoms with Gasteiger partial charge in [0.2, 0.25) is 5.89 Å². The highest BCUT2D eigenvalue weighted by atomic mass is 16.5. The number of benzene rings is 1. The minimum absolute atomic E-state index is 0.123. The van der Waals surface area contributed by atoms with E-state index in [9.17, 15) is 0 Å². The van der Waals surface area contributed by atoms with Crippen LogP contribution in [0.5, 0.6) is 0 Å². The highest BCUT2D eigenvalue weighted by molar-refractivity contribution is 5.15. The first-order valence-corrected chi connectivity index (χ1v) is 6.97. The van der Waals surface area contributed by atoms with Gasteiger partial charge in [-0.25, -0.2) is 0 Å². The SMILES string of the molecule is CO[C@@H]1CN[C@@H](c2nc(CCc3ccccc3)no2)C1. The van der Waals surface area contributed by atoms with Crippen LogP contribution in [0.2, 0.25) is 0 Å². The molecule has 0 bridgehead atoms. The van der Waals surface area contributed by atoms with Crippen molar-refractivity contribution in [1.29, 1.82) is 0 Å². The lowest BCUT2D eigenvalue weighted by molar-refractivity contribution is 0.116. The zero-order chi connectivity index (χ0) is 13.8. The Bertz CT molecular complexity index is 541. The van der Waals surface area contributed by atoms with Gasteiger partial charge in [-0.05, 0) is 18.4 Å². The summed E-state index contributed by atoms with van der Waals surface area (Å²) in [5.74, 6) is 1.44. The normalized spacial score (nSPS) is 22.2. The highest BCUT2D eigenvalue weighted by Gasteiger charge is 2.29. The zero-order valence-corrected chi connectivity index (χ0v) is 11.6. The van der Waals surface area contributed by atoms with Crippen molar-refractivity contribution < 1.29 is 9.26 Å². The fourth-order valence-electron chi connectivity index (χ4n) is 2.48. The first kappa shape index (κ1) is 13.3.